The Kier molecular flexibility index (Phi) is 4.49. The van der Waals surface area contributed by atoms with Crippen LogP contribution in [0.2, 0.25) is 0 Å². The van der Waals surface area contributed by atoms with Crippen LogP contribution in [0.25, 0.3) is 0 Å². The van der Waals surface area contributed by atoms with Gasteiger partial charge >= 0.3 is 0 Å². The Morgan fingerprint density at radius 2 is 2.20 bits per heavy atom. The molecule has 3 heterocycles. The second-order valence-corrected chi connectivity index (χ2v) is 7.76. The average molecular weight is 292 g/mol. The predicted octanol–water partition coefficient (Wildman–Crippen LogP) is 3.62. The number of thiophene rings is 1. The molecule has 0 radical (unpaired) electrons. The van der Waals surface area contributed by atoms with Gasteiger partial charge in [0.1, 0.15) is 0 Å². The third kappa shape index (κ3) is 2.81. The van der Waals surface area contributed by atoms with Crippen LogP contribution in [0, 0.1) is 5.92 Å². The van der Waals surface area contributed by atoms with E-state index in [1.807, 2.05) is 11.3 Å². The van der Waals surface area contributed by atoms with E-state index in [0.717, 1.165) is 18.0 Å². The van der Waals surface area contributed by atoms with Crippen molar-refractivity contribution in [1.82, 2.24) is 9.80 Å². The number of aryl methyl sites for hydroxylation is 1. The Balaban J connectivity index is 1.75. The molecule has 0 N–H and O–H groups in total. The first-order valence-corrected chi connectivity index (χ1v) is 9.10. The van der Waals surface area contributed by atoms with Gasteiger partial charge in [0.25, 0.3) is 0 Å². The molecule has 2 nitrogen and oxygen atoms in total. The zero-order valence-electron chi connectivity index (χ0n) is 13.1. The van der Waals surface area contributed by atoms with Gasteiger partial charge < -0.3 is 0 Å². The summed E-state index contributed by atoms with van der Waals surface area (Å²) in [6.45, 7) is 12.1. The molecule has 2 saturated heterocycles. The summed E-state index contributed by atoms with van der Waals surface area (Å²) in [6, 6.07) is 3.88. The first-order chi connectivity index (χ1) is 9.69. The molecular weight excluding hydrogens is 264 g/mol. The number of hydrogen-bond donors (Lipinski definition) is 0. The van der Waals surface area contributed by atoms with Crippen molar-refractivity contribution in [2.45, 2.75) is 58.7 Å². The normalized spacial score (nSPS) is 28.2. The molecule has 2 atom stereocenters. The minimum Gasteiger partial charge on any atom is -0.298 e. The van der Waals surface area contributed by atoms with E-state index in [-0.39, 0.29) is 0 Å². The standard InChI is InChI=1S/C17H28N2S/c1-4-14-7-9-20-17(14)12-19-10-15-6-5-8-18(15)11-16(19)13(2)3/h7,9,13,15-16H,4-6,8,10-12H2,1-3H3. The number of fused-ring (bicyclic) bond motifs is 1. The summed E-state index contributed by atoms with van der Waals surface area (Å²) in [4.78, 5) is 7.13. The molecule has 0 aromatic carbocycles. The maximum absolute atomic E-state index is 2.78. The number of rotatable bonds is 4. The van der Waals surface area contributed by atoms with E-state index in [1.54, 1.807) is 10.4 Å². The summed E-state index contributed by atoms with van der Waals surface area (Å²) >= 11 is 1.95. The molecule has 0 bridgehead atoms. The van der Waals surface area contributed by atoms with Crippen LogP contribution in [0.4, 0.5) is 0 Å². The topological polar surface area (TPSA) is 6.48 Å². The highest BCUT2D eigenvalue weighted by Crippen LogP contribution is 2.30. The van der Waals surface area contributed by atoms with Crippen molar-refractivity contribution >= 4 is 11.3 Å². The molecule has 2 aliphatic heterocycles. The van der Waals surface area contributed by atoms with Crippen LogP contribution in [-0.2, 0) is 13.0 Å². The van der Waals surface area contributed by atoms with E-state index >= 15 is 0 Å². The first kappa shape index (κ1) is 14.6. The fourth-order valence-corrected chi connectivity index (χ4v) is 4.92. The van der Waals surface area contributed by atoms with Crippen molar-refractivity contribution in [2.24, 2.45) is 5.92 Å². The molecule has 112 valence electrons. The molecule has 0 saturated carbocycles. The fourth-order valence-electron chi connectivity index (χ4n) is 3.92. The Hall–Kier alpha value is -0.380. The van der Waals surface area contributed by atoms with Gasteiger partial charge in [-0.2, -0.15) is 0 Å². The predicted molar refractivity (Wildman–Crippen MR) is 87.3 cm³/mol. The minimum absolute atomic E-state index is 0.733. The van der Waals surface area contributed by atoms with Gasteiger partial charge in [0.2, 0.25) is 0 Å². The van der Waals surface area contributed by atoms with Crippen molar-refractivity contribution in [2.75, 3.05) is 19.6 Å². The second-order valence-electron chi connectivity index (χ2n) is 6.75. The summed E-state index contributed by atoms with van der Waals surface area (Å²) < 4.78 is 0. The third-order valence-electron chi connectivity index (χ3n) is 5.17. The van der Waals surface area contributed by atoms with Crippen molar-refractivity contribution in [3.63, 3.8) is 0 Å². The van der Waals surface area contributed by atoms with E-state index in [1.165, 1.54) is 45.4 Å². The van der Waals surface area contributed by atoms with Gasteiger partial charge in [-0.15, -0.1) is 11.3 Å². The minimum atomic E-state index is 0.733. The van der Waals surface area contributed by atoms with Gasteiger partial charge in [0.15, 0.2) is 0 Å². The molecule has 0 aliphatic carbocycles. The zero-order valence-corrected chi connectivity index (χ0v) is 14.0. The van der Waals surface area contributed by atoms with Crippen LogP contribution in [-0.4, -0.2) is 41.5 Å². The molecule has 3 heteroatoms. The number of hydrogen-bond acceptors (Lipinski definition) is 3. The second kappa shape index (κ2) is 6.17. The van der Waals surface area contributed by atoms with Gasteiger partial charge in [-0.1, -0.05) is 20.8 Å². The molecule has 2 unspecified atom stereocenters. The number of nitrogens with zero attached hydrogens (tertiary/aromatic N) is 2. The van der Waals surface area contributed by atoms with Crippen molar-refractivity contribution in [1.29, 1.82) is 0 Å². The molecule has 0 amide bonds. The third-order valence-corrected chi connectivity index (χ3v) is 6.12. The molecule has 20 heavy (non-hydrogen) atoms. The fraction of sp³-hybridized carbons (Fsp3) is 0.765. The molecular formula is C17H28N2S. The number of piperazine rings is 1. The molecule has 3 rings (SSSR count). The van der Waals surface area contributed by atoms with Crippen LogP contribution < -0.4 is 0 Å². The van der Waals surface area contributed by atoms with Crippen LogP contribution in [0.15, 0.2) is 11.4 Å². The summed E-state index contributed by atoms with van der Waals surface area (Å²) in [7, 11) is 0. The summed E-state index contributed by atoms with van der Waals surface area (Å²) in [5.74, 6) is 0.751. The molecule has 2 aliphatic rings. The monoisotopic (exact) mass is 292 g/mol. The Bertz CT molecular complexity index is 440. The molecule has 2 fully saturated rings. The summed E-state index contributed by atoms with van der Waals surface area (Å²) in [5, 5.41) is 2.27. The smallest absolute Gasteiger partial charge is 0.0334 e. The van der Waals surface area contributed by atoms with Crippen LogP contribution in [0.5, 0.6) is 0 Å². The van der Waals surface area contributed by atoms with Crippen LogP contribution in [0.1, 0.15) is 44.1 Å². The SMILES string of the molecule is CCc1ccsc1CN1CC2CCCN2CC1C(C)C. The van der Waals surface area contributed by atoms with E-state index in [9.17, 15) is 0 Å². The van der Waals surface area contributed by atoms with Gasteiger partial charge in [-0.3, -0.25) is 9.80 Å². The maximum atomic E-state index is 2.78. The molecule has 1 aromatic rings. The highest BCUT2D eigenvalue weighted by atomic mass is 32.1. The van der Waals surface area contributed by atoms with Crippen molar-refractivity contribution in [3.8, 4) is 0 Å². The highest BCUT2D eigenvalue weighted by Gasteiger charge is 2.37. The molecule has 0 spiro atoms. The lowest BCUT2D eigenvalue weighted by atomic mass is 9.97. The maximum Gasteiger partial charge on any atom is 0.0334 e. The Labute approximate surface area is 127 Å². The first-order valence-electron chi connectivity index (χ1n) is 8.22. The van der Waals surface area contributed by atoms with E-state index in [0.29, 0.717) is 0 Å². The molecule has 1 aromatic heterocycles. The van der Waals surface area contributed by atoms with E-state index in [4.69, 9.17) is 0 Å². The van der Waals surface area contributed by atoms with Gasteiger partial charge in [-0.25, -0.2) is 0 Å². The van der Waals surface area contributed by atoms with E-state index < -0.39 is 0 Å². The quantitative estimate of drug-likeness (QED) is 0.836. The largest absolute Gasteiger partial charge is 0.298 e. The van der Waals surface area contributed by atoms with E-state index in [2.05, 4.69) is 42.0 Å². The lowest BCUT2D eigenvalue weighted by molar-refractivity contribution is 0.0244. The highest BCUT2D eigenvalue weighted by molar-refractivity contribution is 7.10. The Morgan fingerprint density at radius 3 is 2.95 bits per heavy atom. The lowest BCUT2D eigenvalue weighted by Crippen LogP contribution is -2.57. The van der Waals surface area contributed by atoms with Gasteiger partial charge in [0.05, 0.1) is 0 Å². The Morgan fingerprint density at radius 1 is 1.35 bits per heavy atom. The van der Waals surface area contributed by atoms with Crippen molar-refractivity contribution < 1.29 is 0 Å². The summed E-state index contributed by atoms with van der Waals surface area (Å²) in [6.07, 6.45) is 3.99. The summed E-state index contributed by atoms with van der Waals surface area (Å²) in [5.41, 5.74) is 1.56. The van der Waals surface area contributed by atoms with Gasteiger partial charge in [0, 0.05) is 36.6 Å². The van der Waals surface area contributed by atoms with Crippen LogP contribution in [0.3, 0.4) is 0 Å². The van der Waals surface area contributed by atoms with Crippen molar-refractivity contribution in [3.05, 3.63) is 21.9 Å². The van der Waals surface area contributed by atoms with Gasteiger partial charge in [-0.05, 0) is 48.7 Å². The lowest BCUT2D eigenvalue weighted by Gasteiger charge is -2.45. The zero-order chi connectivity index (χ0) is 14.1. The van der Waals surface area contributed by atoms with Crippen LogP contribution >= 0.6 is 11.3 Å². The average Bonchev–Trinajstić information content (AvgIpc) is 3.05.